The number of halogens is 3. The molecule has 3 fully saturated rings. The van der Waals surface area contributed by atoms with Crippen molar-refractivity contribution in [1.82, 2.24) is 14.7 Å². The van der Waals surface area contributed by atoms with Gasteiger partial charge >= 0.3 is 6.18 Å². The van der Waals surface area contributed by atoms with Gasteiger partial charge in [0.2, 0.25) is 11.8 Å². The standard InChI is InChI=1S/C22H26F3N3O3/c23-22(24,25)18-5-1-3-16(13-18)20(30)26-9-11-27(12-10-26)21(31)17-4-2-8-28(14-17)19(29)15-6-7-15/h1,3,5,13,15,17H,2,4,6-12,14H2. The van der Waals surface area contributed by atoms with E-state index >= 15 is 0 Å². The molecule has 9 heteroatoms. The van der Waals surface area contributed by atoms with Crippen molar-refractivity contribution in [1.29, 1.82) is 0 Å². The average Bonchev–Trinajstić information content (AvgIpc) is 3.63. The first-order valence-corrected chi connectivity index (χ1v) is 10.8. The molecule has 2 saturated heterocycles. The van der Waals surface area contributed by atoms with Crippen molar-refractivity contribution in [3.05, 3.63) is 35.4 Å². The first-order valence-electron chi connectivity index (χ1n) is 10.8. The third-order valence-corrected chi connectivity index (χ3v) is 6.32. The van der Waals surface area contributed by atoms with Gasteiger partial charge in [0, 0.05) is 50.7 Å². The van der Waals surface area contributed by atoms with Crippen LogP contribution in [0.15, 0.2) is 24.3 Å². The first-order chi connectivity index (χ1) is 14.7. The average molecular weight is 437 g/mol. The summed E-state index contributed by atoms with van der Waals surface area (Å²) in [5, 5.41) is 0. The molecular weight excluding hydrogens is 411 g/mol. The number of carbonyl (C=O) groups is 3. The monoisotopic (exact) mass is 437 g/mol. The van der Waals surface area contributed by atoms with Gasteiger partial charge in [0.1, 0.15) is 0 Å². The van der Waals surface area contributed by atoms with Crippen LogP contribution in [0.3, 0.4) is 0 Å². The Hall–Kier alpha value is -2.58. The quantitative estimate of drug-likeness (QED) is 0.731. The molecule has 1 aromatic carbocycles. The highest BCUT2D eigenvalue weighted by Gasteiger charge is 2.38. The van der Waals surface area contributed by atoms with Crippen molar-refractivity contribution < 1.29 is 27.6 Å². The summed E-state index contributed by atoms with van der Waals surface area (Å²) in [5.41, 5.74) is -0.856. The number of carbonyl (C=O) groups excluding carboxylic acids is 3. The van der Waals surface area contributed by atoms with Crippen molar-refractivity contribution in [3.8, 4) is 0 Å². The molecule has 3 aliphatic rings. The van der Waals surface area contributed by atoms with Gasteiger partial charge in [-0.05, 0) is 43.9 Å². The Balaban J connectivity index is 1.32. The van der Waals surface area contributed by atoms with Gasteiger partial charge in [0.05, 0.1) is 11.5 Å². The van der Waals surface area contributed by atoms with Crippen LogP contribution in [-0.2, 0) is 15.8 Å². The van der Waals surface area contributed by atoms with Crippen LogP contribution < -0.4 is 0 Å². The second-order valence-electron chi connectivity index (χ2n) is 8.59. The highest BCUT2D eigenvalue weighted by molar-refractivity contribution is 5.94. The van der Waals surface area contributed by atoms with Gasteiger partial charge in [-0.1, -0.05) is 6.07 Å². The molecule has 6 nitrogen and oxygen atoms in total. The summed E-state index contributed by atoms with van der Waals surface area (Å²) in [6, 6.07) is 4.42. The summed E-state index contributed by atoms with van der Waals surface area (Å²) in [6.45, 7) is 2.40. The van der Waals surface area contributed by atoms with Gasteiger partial charge in [0.25, 0.3) is 5.91 Å². The number of rotatable bonds is 3. The van der Waals surface area contributed by atoms with E-state index in [9.17, 15) is 27.6 Å². The molecular formula is C22H26F3N3O3. The van der Waals surface area contributed by atoms with Gasteiger partial charge in [-0.2, -0.15) is 13.2 Å². The van der Waals surface area contributed by atoms with E-state index in [0.717, 1.165) is 37.8 Å². The van der Waals surface area contributed by atoms with E-state index in [-0.39, 0.29) is 42.3 Å². The third-order valence-electron chi connectivity index (χ3n) is 6.32. The van der Waals surface area contributed by atoms with Gasteiger partial charge < -0.3 is 14.7 Å². The lowest BCUT2D eigenvalue weighted by atomic mass is 9.95. The van der Waals surface area contributed by atoms with Crippen LogP contribution in [0.25, 0.3) is 0 Å². The number of hydrogen-bond donors (Lipinski definition) is 0. The van der Waals surface area contributed by atoms with Crippen LogP contribution in [0.4, 0.5) is 13.2 Å². The molecule has 1 atom stereocenters. The minimum atomic E-state index is -4.50. The topological polar surface area (TPSA) is 60.9 Å². The Morgan fingerprint density at radius 3 is 2.10 bits per heavy atom. The zero-order valence-electron chi connectivity index (χ0n) is 17.2. The maximum atomic E-state index is 13.0. The molecule has 0 spiro atoms. The van der Waals surface area contributed by atoms with Crippen LogP contribution in [0.1, 0.15) is 41.6 Å². The van der Waals surface area contributed by atoms with Gasteiger partial charge in [-0.25, -0.2) is 0 Å². The van der Waals surface area contributed by atoms with Gasteiger partial charge in [-0.15, -0.1) is 0 Å². The summed E-state index contributed by atoms with van der Waals surface area (Å²) >= 11 is 0. The van der Waals surface area contributed by atoms with Crippen molar-refractivity contribution >= 4 is 17.7 Å². The molecule has 1 unspecified atom stereocenters. The number of nitrogens with zero attached hydrogens (tertiary/aromatic N) is 3. The molecule has 4 rings (SSSR count). The number of amides is 3. The second kappa shape index (κ2) is 8.51. The van der Waals surface area contributed by atoms with E-state index in [0.29, 0.717) is 26.2 Å². The number of piperidine rings is 1. The Kier molecular flexibility index (Phi) is 5.94. The number of hydrogen-bond acceptors (Lipinski definition) is 3. The maximum absolute atomic E-state index is 13.0. The molecule has 1 aliphatic carbocycles. The molecule has 0 aromatic heterocycles. The fourth-order valence-electron chi connectivity index (χ4n) is 4.37. The second-order valence-corrected chi connectivity index (χ2v) is 8.59. The van der Waals surface area contributed by atoms with E-state index < -0.39 is 17.6 Å². The predicted octanol–water partition coefficient (Wildman–Crippen LogP) is 2.64. The lowest BCUT2D eigenvalue weighted by Gasteiger charge is -2.39. The highest BCUT2D eigenvalue weighted by atomic mass is 19.4. The SMILES string of the molecule is O=C(c1cccc(C(F)(F)F)c1)N1CCN(C(=O)C2CCCN(C(=O)C3CC3)C2)CC1. The predicted molar refractivity (Wildman–Crippen MR) is 106 cm³/mol. The molecule has 31 heavy (non-hydrogen) atoms. The molecule has 2 heterocycles. The Morgan fingerprint density at radius 1 is 0.806 bits per heavy atom. The zero-order valence-corrected chi connectivity index (χ0v) is 17.2. The summed E-state index contributed by atoms with van der Waals surface area (Å²) in [5.74, 6) is -0.382. The molecule has 2 aliphatic heterocycles. The lowest BCUT2D eigenvalue weighted by molar-refractivity contribution is -0.142. The Morgan fingerprint density at radius 2 is 1.45 bits per heavy atom. The van der Waals surface area contributed by atoms with Crippen LogP contribution in [0, 0.1) is 11.8 Å². The number of benzene rings is 1. The molecule has 1 aromatic rings. The van der Waals surface area contributed by atoms with E-state index in [1.807, 2.05) is 4.90 Å². The molecule has 0 radical (unpaired) electrons. The minimum Gasteiger partial charge on any atom is -0.342 e. The van der Waals surface area contributed by atoms with Gasteiger partial charge in [-0.3, -0.25) is 14.4 Å². The maximum Gasteiger partial charge on any atom is 0.416 e. The third kappa shape index (κ3) is 4.85. The number of piperazine rings is 1. The fourth-order valence-corrected chi connectivity index (χ4v) is 4.37. The van der Waals surface area contributed by atoms with E-state index in [1.165, 1.54) is 17.0 Å². The summed E-state index contributed by atoms with van der Waals surface area (Å²) in [7, 11) is 0. The molecule has 1 saturated carbocycles. The van der Waals surface area contributed by atoms with E-state index in [1.54, 1.807) is 4.90 Å². The van der Waals surface area contributed by atoms with Crippen molar-refractivity contribution in [2.24, 2.45) is 11.8 Å². The largest absolute Gasteiger partial charge is 0.416 e. The number of alkyl halides is 3. The lowest BCUT2D eigenvalue weighted by Crippen LogP contribution is -2.54. The zero-order chi connectivity index (χ0) is 22.2. The van der Waals surface area contributed by atoms with Crippen molar-refractivity contribution in [2.45, 2.75) is 31.9 Å². The van der Waals surface area contributed by atoms with Crippen molar-refractivity contribution in [2.75, 3.05) is 39.3 Å². The van der Waals surface area contributed by atoms with Crippen molar-refractivity contribution in [3.63, 3.8) is 0 Å². The normalized spacial score (nSPS) is 22.4. The highest BCUT2D eigenvalue weighted by Crippen LogP contribution is 2.33. The first kappa shape index (κ1) is 21.6. The number of likely N-dealkylation sites (tertiary alicyclic amines) is 1. The minimum absolute atomic E-state index is 0.000496. The summed E-state index contributed by atoms with van der Waals surface area (Å²) < 4.78 is 38.8. The molecule has 0 bridgehead atoms. The summed E-state index contributed by atoms with van der Waals surface area (Å²) in [4.78, 5) is 43.0. The van der Waals surface area contributed by atoms with Gasteiger partial charge in [0.15, 0.2) is 0 Å². The Bertz CT molecular complexity index is 861. The molecule has 0 N–H and O–H groups in total. The van der Waals surface area contributed by atoms with Crippen LogP contribution >= 0.6 is 0 Å². The smallest absolute Gasteiger partial charge is 0.342 e. The molecule has 168 valence electrons. The van der Waals surface area contributed by atoms with Crippen LogP contribution in [0.5, 0.6) is 0 Å². The van der Waals surface area contributed by atoms with E-state index in [4.69, 9.17) is 0 Å². The fraction of sp³-hybridized carbons (Fsp3) is 0.591. The Labute approximate surface area is 179 Å². The van der Waals surface area contributed by atoms with Crippen LogP contribution in [0.2, 0.25) is 0 Å². The summed E-state index contributed by atoms with van der Waals surface area (Å²) in [6.07, 6.45) is -1.07. The van der Waals surface area contributed by atoms with E-state index in [2.05, 4.69) is 0 Å². The van der Waals surface area contributed by atoms with Crippen LogP contribution in [-0.4, -0.2) is 71.7 Å². The molecule has 3 amide bonds.